The van der Waals surface area contributed by atoms with Gasteiger partial charge in [0.05, 0.1) is 5.56 Å². The Labute approximate surface area is 115 Å². The van der Waals surface area contributed by atoms with Gasteiger partial charge < -0.3 is 15.7 Å². The molecule has 0 aromatic heterocycles. The number of nitrogens with one attached hydrogen (secondary N) is 2. The van der Waals surface area contributed by atoms with Crippen molar-refractivity contribution in [3.63, 3.8) is 0 Å². The van der Waals surface area contributed by atoms with Crippen molar-refractivity contribution in [2.45, 2.75) is 27.2 Å². The van der Waals surface area contributed by atoms with Crippen LogP contribution in [0.3, 0.4) is 0 Å². The van der Waals surface area contributed by atoms with E-state index in [2.05, 4.69) is 17.6 Å². The molecule has 0 saturated carbocycles. The summed E-state index contributed by atoms with van der Waals surface area (Å²) in [6.07, 6.45) is 1.01. The van der Waals surface area contributed by atoms with E-state index in [1.54, 1.807) is 6.07 Å². The minimum Gasteiger partial charge on any atom is -0.396 e. The van der Waals surface area contributed by atoms with Gasteiger partial charge in [0.2, 0.25) is 0 Å². The summed E-state index contributed by atoms with van der Waals surface area (Å²) in [5.41, 5.74) is 1.19. The van der Waals surface area contributed by atoms with Gasteiger partial charge in [-0.3, -0.25) is 4.79 Å². The molecule has 0 aliphatic heterocycles. The summed E-state index contributed by atoms with van der Waals surface area (Å²) in [7, 11) is 0. The molecule has 0 aliphatic carbocycles. The van der Waals surface area contributed by atoms with Crippen LogP contribution in [0.5, 0.6) is 0 Å². The van der Waals surface area contributed by atoms with Crippen LogP contribution in [-0.2, 0) is 0 Å². The molecule has 0 aliphatic rings. The van der Waals surface area contributed by atoms with E-state index in [0.29, 0.717) is 12.1 Å². The molecule has 106 valence electrons. The normalized spacial score (nSPS) is 11.2. The molecule has 1 aromatic carbocycles. The number of amides is 1. The predicted octanol–water partition coefficient (Wildman–Crippen LogP) is 2.26. The monoisotopic (exact) mass is 264 g/mol. The van der Waals surface area contributed by atoms with Crippen LogP contribution < -0.4 is 10.6 Å². The lowest BCUT2D eigenvalue weighted by atomic mass is 9.95. The standard InChI is InChI=1S/C15H24N2O2/c1-4-9-16-13-8-6-5-7-12(13)14(19)17-10-15(2,3)11-18/h5-8,16,18H,4,9-11H2,1-3H3,(H,17,19). The molecule has 4 heteroatoms. The van der Waals surface area contributed by atoms with Crippen LogP contribution in [0.15, 0.2) is 24.3 Å². The lowest BCUT2D eigenvalue weighted by Gasteiger charge is -2.22. The van der Waals surface area contributed by atoms with E-state index in [-0.39, 0.29) is 17.9 Å². The maximum Gasteiger partial charge on any atom is 0.253 e. The minimum absolute atomic E-state index is 0.0447. The third-order valence-corrected chi connectivity index (χ3v) is 2.89. The topological polar surface area (TPSA) is 61.4 Å². The van der Waals surface area contributed by atoms with Crippen LogP contribution in [0.2, 0.25) is 0 Å². The van der Waals surface area contributed by atoms with E-state index in [9.17, 15) is 9.90 Å². The number of hydrogen-bond acceptors (Lipinski definition) is 3. The maximum atomic E-state index is 12.2. The van der Waals surface area contributed by atoms with Gasteiger partial charge in [0.1, 0.15) is 0 Å². The van der Waals surface area contributed by atoms with Crippen molar-refractivity contribution in [1.29, 1.82) is 0 Å². The molecule has 0 radical (unpaired) electrons. The Morgan fingerprint density at radius 1 is 1.32 bits per heavy atom. The average Bonchev–Trinajstić information content (AvgIpc) is 2.43. The number of para-hydroxylation sites is 1. The van der Waals surface area contributed by atoms with Gasteiger partial charge in [0, 0.05) is 30.8 Å². The van der Waals surface area contributed by atoms with Crippen molar-refractivity contribution >= 4 is 11.6 Å². The fraction of sp³-hybridized carbons (Fsp3) is 0.533. The number of anilines is 1. The molecule has 3 N–H and O–H groups in total. The van der Waals surface area contributed by atoms with E-state index in [1.807, 2.05) is 32.0 Å². The summed E-state index contributed by atoms with van der Waals surface area (Å²) < 4.78 is 0. The number of rotatable bonds is 7. The maximum absolute atomic E-state index is 12.2. The molecule has 0 unspecified atom stereocenters. The summed E-state index contributed by atoms with van der Waals surface area (Å²) in [6, 6.07) is 7.47. The highest BCUT2D eigenvalue weighted by molar-refractivity contribution is 5.99. The van der Waals surface area contributed by atoms with Gasteiger partial charge in [-0.15, -0.1) is 0 Å². The molecule has 1 amide bonds. The van der Waals surface area contributed by atoms with Crippen molar-refractivity contribution in [2.24, 2.45) is 5.41 Å². The van der Waals surface area contributed by atoms with Crippen molar-refractivity contribution in [3.8, 4) is 0 Å². The van der Waals surface area contributed by atoms with Gasteiger partial charge >= 0.3 is 0 Å². The Morgan fingerprint density at radius 3 is 2.63 bits per heavy atom. The van der Waals surface area contributed by atoms with Gasteiger partial charge in [0.15, 0.2) is 0 Å². The third-order valence-electron chi connectivity index (χ3n) is 2.89. The Kier molecular flexibility index (Phi) is 5.83. The van der Waals surface area contributed by atoms with E-state index >= 15 is 0 Å². The van der Waals surface area contributed by atoms with Gasteiger partial charge in [-0.05, 0) is 18.6 Å². The molecule has 0 spiro atoms. The highest BCUT2D eigenvalue weighted by Crippen LogP contribution is 2.16. The highest BCUT2D eigenvalue weighted by Gasteiger charge is 2.18. The zero-order valence-electron chi connectivity index (χ0n) is 12.0. The third kappa shape index (κ3) is 4.91. The van der Waals surface area contributed by atoms with Gasteiger partial charge in [-0.25, -0.2) is 0 Å². The molecule has 1 rings (SSSR count). The molecule has 0 heterocycles. The minimum atomic E-state index is -0.304. The first kappa shape index (κ1) is 15.5. The summed E-state index contributed by atoms with van der Waals surface area (Å²) in [5, 5.41) is 15.3. The summed E-state index contributed by atoms with van der Waals surface area (Å²) >= 11 is 0. The number of aliphatic hydroxyl groups is 1. The molecule has 0 saturated heterocycles. The SMILES string of the molecule is CCCNc1ccccc1C(=O)NCC(C)(C)CO. The lowest BCUT2D eigenvalue weighted by Crippen LogP contribution is -2.36. The fourth-order valence-electron chi connectivity index (χ4n) is 1.57. The number of hydrogen-bond donors (Lipinski definition) is 3. The molecular formula is C15H24N2O2. The fourth-order valence-corrected chi connectivity index (χ4v) is 1.57. The van der Waals surface area contributed by atoms with E-state index in [4.69, 9.17) is 0 Å². The largest absolute Gasteiger partial charge is 0.396 e. The molecular weight excluding hydrogens is 240 g/mol. The zero-order chi connectivity index (χ0) is 14.3. The van der Waals surface area contributed by atoms with Crippen molar-refractivity contribution in [2.75, 3.05) is 25.0 Å². The van der Waals surface area contributed by atoms with E-state index < -0.39 is 0 Å². The van der Waals surface area contributed by atoms with Crippen LogP contribution in [-0.4, -0.2) is 30.7 Å². The Bertz CT molecular complexity index is 416. The molecule has 0 fully saturated rings. The smallest absolute Gasteiger partial charge is 0.253 e. The first-order chi connectivity index (χ1) is 9.00. The molecule has 0 bridgehead atoms. The molecule has 19 heavy (non-hydrogen) atoms. The van der Waals surface area contributed by atoms with Gasteiger partial charge in [0.25, 0.3) is 5.91 Å². The summed E-state index contributed by atoms with van der Waals surface area (Å²) in [6.45, 7) is 7.24. The molecule has 4 nitrogen and oxygen atoms in total. The Balaban J connectivity index is 2.71. The van der Waals surface area contributed by atoms with Crippen LogP contribution >= 0.6 is 0 Å². The van der Waals surface area contributed by atoms with E-state index in [1.165, 1.54) is 0 Å². The predicted molar refractivity (Wildman–Crippen MR) is 78.4 cm³/mol. The Morgan fingerprint density at radius 2 is 2.00 bits per heavy atom. The first-order valence-electron chi connectivity index (χ1n) is 6.72. The quantitative estimate of drug-likeness (QED) is 0.708. The summed E-state index contributed by atoms with van der Waals surface area (Å²) in [5.74, 6) is -0.110. The second-order valence-corrected chi connectivity index (χ2v) is 5.48. The zero-order valence-corrected chi connectivity index (χ0v) is 12.0. The van der Waals surface area contributed by atoms with Crippen molar-refractivity contribution in [1.82, 2.24) is 5.32 Å². The average molecular weight is 264 g/mol. The first-order valence-corrected chi connectivity index (χ1v) is 6.72. The molecule has 0 atom stereocenters. The van der Waals surface area contributed by atoms with Crippen molar-refractivity contribution in [3.05, 3.63) is 29.8 Å². The lowest BCUT2D eigenvalue weighted by molar-refractivity contribution is 0.0912. The second-order valence-electron chi connectivity index (χ2n) is 5.48. The van der Waals surface area contributed by atoms with Crippen molar-refractivity contribution < 1.29 is 9.90 Å². The van der Waals surface area contributed by atoms with Gasteiger partial charge in [-0.1, -0.05) is 32.9 Å². The number of benzene rings is 1. The van der Waals surface area contributed by atoms with Crippen LogP contribution in [0.4, 0.5) is 5.69 Å². The molecule has 1 aromatic rings. The van der Waals surface area contributed by atoms with Crippen LogP contribution in [0.25, 0.3) is 0 Å². The Hall–Kier alpha value is -1.55. The number of aliphatic hydroxyl groups excluding tert-OH is 1. The summed E-state index contributed by atoms with van der Waals surface area (Å²) in [4.78, 5) is 12.2. The van der Waals surface area contributed by atoms with E-state index in [0.717, 1.165) is 18.7 Å². The number of carbonyl (C=O) groups is 1. The number of carbonyl (C=O) groups excluding carboxylic acids is 1. The highest BCUT2D eigenvalue weighted by atomic mass is 16.3. The van der Waals surface area contributed by atoms with Crippen LogP contribution in [0.1, 0.15) is 37.6 Å². The van der Waals surface area contributed by atoms with Gasteiger partial charge in [-0.2, -0.15) is 0 Å². The second kappa shape index (κ2) is 7.14. The van der Waals surface area contributed by atoms with Crippen LogP contribution in [0, 0.1) is 5.41 Å².